The maximum absolute atomic E-state index is 7.61. The Morgan fingerprint density at radius 1 is 0.769 bits per heavy atom. The van der Waals surface area contributed by atoms with Crippen LogP contribution >= 0.6 is 0 Å². The first kappa shape index (κ1) is 13.3. The second-order valence-electron chi connectivity index (χ2n) is 6.96. The van der Waals surface area contributed by atoms with Gasteiger partial charge >= 0.3 is 0 Å². The Kier molecular flexibility index (Phi) is 3.28. The molecule has 0 unspecified atom stereocenters. The largest absolute Gasteiger partial charge is 0.212 e. The summed E-state index contributed by atoms with van der Waals surface area (Å²) >= 11 is 0. The number of benzene rings is 3. The summed E-state index contributed by atoms with van der Waals surface area (Å²) in [5.41, 5.74) is 7.57. The molecule has 0 amide bonds. The van der Waals surface area contributed by atoms with Crippen LogP contribution in [0.15, 0.2) is 72.9 Å². The highest BCUT2D eigenvalue weighted by Crippen LogP contribution is 2.29. The highest BCUT2D eigenvalue weighted by atomic mass is 14.9. The second kappa shape index (κ2) is 6.42. The molecule has 128 valence electrons. The Hall–Kier alpha value is -2.93. The summed E-state index contributed by atoms with van der Waals surface area (Å²) in [6, 6.07) is 22.2. The normalized spacial score (nSPS) is 13.3. The van der Waals surface area contributed by atoms with Gasteiger partial charge in [-0.25, -0.2) is 4.57 Å². The molecule has 3 aromatic carbocycles. The lowest BCUT2D eigenvalue weighted by atomic mass is 9.96. The van der Waals surface area contributed by atoms with Crippen LogP contribution < -0.4 is 4.57 Å². The van der Waals surface area contributed by atoms with Gasteiger partial charge in [0.15, 0.2) is 6.20 Å². The van der Waals surface area contributed by atoms with E-state index in [2.05, 4.69) is 74.1 Å². The minimum Gasteiger partial charge on any atom is -0.200 e. The topological polar surface area (TPSA) is 3.88 Å². The molecule has 0 fully saturated rings. The van der Waals surface area contributed by atoms with Gasteiger partial charge in [-0.05, 0) is 60.3 Å². The van der Waals surface area contributed by atoms with Gasteiger partial charge in [0.05, 0.1) is 0 Å². The fraction of sp³-hybridized carbons (Fsp3) is 0.160. The summed E-state index contributed by atoms with van der Waals surface area (Å²) in [6.07, 6.45) is 2.18. The van der Waals surface area contributed by atoms with Crippen LogP contribution in [0.25, 0.3) is 33.2 Å². The van der Waals surface area contributed by atoms with Crippen molar-refractivity contribution in [1.29, 1.82) is 0 Å². The van der Waals surface area contributed by atoms with Crippen LogP contribution in [0.2, 0.25) is 0 Å². The quantitative estimate of drug-likeness (QED) is 0.398. The van der Waals surface area contributed by atoms with Crippen molar-refractivity contribution in [3.8, 4) is 22.4 Å². The molecule has 0 aliphatic heterocycles. The molecular formula is C25H24N+. The molecule has 0 aliphatic rings. The average molecular weight is 341 g/mol. The minimum absolute atomic E-state index is 0.378. The molecule has 1 heterocycles. The Morgan fingerprint density at radius 3 is 2.35 bits per heavy atom. The highest BCUT2D eigenvalue weighted by molar-refractivity contribution is 5.88. The second-order valence-corrected chi connectivity index (χ2v) is 6.96. The van der Waals surface area contributed by atoms with Crippen molar-refractivity contribution in [1.82, 2.24) is 0 Å². The van der Waals surface area contributed by atoms with Gasteiger partial charge in [0.1, 0.15) is 7.05 Å². The monoisotopic (exact) mass is 341 g/mol. The van der Waals surface area contributed by atoms with Crippen LogP contribution in [-0.4, -0.2) is 0 Å². The van der Waals surface area contributed by atoms with Gasteiger partial charge < -0.3 is 0 Å². The van der Waals surface area contributed by atoms with E-state index in [9.17, 15) is 0 Å². The summed E-state index contributed by atoms with van der Waals surface area (Å²) in [4.78, 5) is 0. The van der Waals surface area contributed by atoms with Crippen LogP contribution in [0, 0.1) is 20.7 Å². The summed E-state index contributed by atoms with van der Waals surface area (Å²) < 4.78 is 25.0. The third kappa shape index (κ3) is 2.90. The van der Waals surface area contributed by atoms with E-state index in [4.69, 9.17) is 4.11 Å². The van der Waals surface area contributed by atoms with Gasteiger partial charge in [-0.3, -0.25) is 0 Å². The van der Waals surface area contributed by atoms with Gasteiger partial charge in [0.2, 0.25) is 5.69 Å². The van der Waals surface area contributed by atoms with Crippen molar-refractivity contribution < 1.29 is 8.68 Å². The fourth-order valence-corrected chi connectivity index (χ4v) is 3.59. The molecule has 26 heavy (non-hydrogen) atoms. The summed E-state index contributed by atoms with van der Waals surface area (Å²) in [5, 5.41) is 1.99. The molecule has 1 nitrogen and oxygen atoms in total. The number of nitrogens with zero attached hydrogens (tertiary/aromatic N) is 1. The number of pyridine rings is 1. The highest BCUT2D eigenvalue weighted by Gasteiger charge is 2.16. The standard InChI is InChI=1S/C25H24N/c1-17-9-10-21-15-22(12-11-20(21)13-17)24-16-26(4)25(14-19(24)3)23-8-6-5-7-18(23)2/h5-16H,1-4H3/q+1/i1D3. The maximum atomic E-state index is 7.61. The third-order valence-corrected chi connectivity index (χ3v) is 5.05. The van der Waals surface area contributed by atoms with Crippen molar-refractivity contribution >= 4 is 10.8 Å². The number of aryl methyl sites for hydroxylation is 4. The van der Waals surface area contributed by atoms with E-state index in [1.807, 2.05) is 12.1 Å². The minimum atomic E-state index is -2.08. The molecule has 1 heteroatoms. The molecule has 4 rings (SSSR count). The smallest absolute Gasteiger partial charge is 0.200 e. The summed E-state index contributed by atoms with van der Waals surface area (Å²) in [5.74, 6) is 0. The zero-order valence-corrected chi connectivity index (χ0v) is 15.4. The van der Waals surface area contributed by atoms with E-state index in [-0.39, 0.29) is 0 Å². The Morgan fingerprint density at radius 2 is 1.54 bits per heavy atom. The van der Waals surface area contributed by atoms with E-state index < -0.39 is 6.85 Å². The van der Waals surface area contributed by atoms with Gasteiger partial charge in [-0.15, -0.1) is 0 Å². The van der Waals surface area contributed by atoms with Gasteiger partial charge in [-0.1, -0.05) is 54.1 Å². The summed E-state index contributed by atoms with van der Waals surface area (Å²) in [7, 11) is 2.08. The molecule has 0 spiro atoms. The molecule has 1 aromatic heterocycles. The van der Waals surface area contributed by atoms with E-state index in [1.54, 1.807) is 12.1 Å². The van der Waals surface area contributed by atoms with Crippen molar-refractivity contribution in [3.63, 3.8) is 0 Å². The predicted molar refractivity (Wildman–Crippen MR) is 110 cm³/mol. The zero-order chi connectivity index (χ0) is 20.8. The number of hydrogen-bond acceptors (Lipinski definition) is 0. The number of hydrogen-bond donors (Lipinski definition) is 0. The van der Waals surface area contributed by atoms with Gasteiger partial charge in [-0.2, -0.15) is 0 Å². The molecule has 0 saturated carbocycles. The van der Waals surface area contributed by atoms with Crippen molar-refractivity contribution in [2.75, 3.05) is 0 Å². The van der Waals surface area contributed by atoms with E-state index in [1.165, 1.54) is 27.9 Å². The lowest BCUT2D eigenvalue weighted by molar-refractivity contribution is -0.660. The fourth-order valence-electron chi connectivity index (χ4n) is 3.59. The Balaban J connectivity index is 1.79. The zero-order valence-electron chi connectivity index (χ0n) is 18.4. The van der Waals surface area contributed by atoms with Gasteiger partial charge in [0.25, 0.3) is 0 Å². The van der Waals surface area contributed by atoms with E-state index in [0.717, 1.165) is 16.3 Å². The molecule has 0 atom stereocenters. The molecular weight excluding hydrogens is 314 g/mol. The predicted octanol–water partition coefficient (Wildman–Crippen LogP) is 5.92. The third-order valence-electron chi connectivity index (χ3n) is 5.05. The number of fused-ring (bicyclic) bond motifs is 1. The number of aromatic nitrogens is 1. The van der Waals surface area contributed by atoms with Crippen LogP contribution in [0.3, 0.4) is 0 Å². The first-order valence-electron chi connectivity index (χ1n) is 10.3. The van der Waals surface area contributed by atoms with E-state index in [0.29, 0.717) is 5.56 Å². The number of rotatable bonds is 2. The lowest BCUT2D eigenvalue weighted by Crippen LogP contribution is -2.31. The van der Waals surface area contributed by atoms with Crippen molar-refractivity contribution in [2.24, 2.45) is 7.05 Å². The average Bonchev–Trinajstić information content (AvgIpc) is 2.68. The SMILES string of the molecule is [2H]C([2H])([2H])c1ccc2cc(-c3c[n+](C)c(-c4ccccc4C)cc3C)ccc2c1. The lowest BCUT2D eigenvalue weighted by Gasteiger charge is -2.10. The van der Waals surface area contributed by atoms with Crippen molar-refractivity contribution in [2.45, 2.75) is 20.7 Å². The Bertz CT molecular complexity index is 1220. The molecule has 0 N–H and O–H groups in total. The Labute approximate surface area is 159 Å². The molecule has 0 aliphatic carbocycles. The van der Waals surface area contributed by atoms with Crippen molar-refractivity contribution in [3.05, 3.63) is 89.6 Å². The molecule has 0 saturated heterocycles. The van der Waals surface area contributed by atoms with E-state index >= 15 is 0 Å². The first-order valence-corrected chi connectivity index (χ1v) is 8.85. The van der Waals surface area contributed by atoms with Crippen LogP contribution in [-0.2, 0) is 7.05 Å². The maximum Gasteiger partial charge on any atom is 0.212 e. The van der Waals surface area contributed by atoms with Crippen LogP contribution in [0.5, 0.6) is 0 Å². The molecule has 0 radical (unpaired) electrons. The van der Waals surface area contributed by atoms with Crippen LogP contribution in [0.4, 0.5) is 0 Å². The van der Waals surface area contributed by atoms with Crippen LogP contribution in [0.1, 0.15) is 20.8 Å². The summed E-state index contributed by atoms with van der Waals surface area (Å²) in [6.45, 7) is 2.19. The molecule has 0 bridgehead atoms. The van der Waals surface area contributed by atoms with Gasteiger partial charge in [0, 0.05) is 21.3 Å². The first-order chi connectivity index (χ1) is 13.7. The molecule has 4 aromatic rings.